The van der Waals surface area contributed by atoms with Crippen molar-refractivity contribution in [3.05, 3.63) is 27.2 Å². The Hall–Kier alpha value is -1.88. The third kappa shape index (κ3) is 4.82. The number of methoxy groups -OCH3 is 1. The van der Waals surface area contributed by atoms with Gasteiger partial charge in [-0.2, -0.15) is 13.2 Å². The van der Waals surface area contributed by atoms with E-state index in [0.29, 0.717) is 22.6 Å². The van der Waals surface area contributed by atoms with Crippen molar-refractivity contribution in [1.29, 1.82) is 0 Å². The highest BCUT2D eigenvalue weighted by atomic mass is 79.9. The number of benzene rings is 1. The van der Waals surface area contributed by atoms with Crippen LogP contribution in [0.2, 0.25) is 0 Å². The second kappa shape index (κ2) is 8.00. The van der Waals surface area contributed by atoms with Crippen LogP contribution in [0.4, 0.5) is 18.3 Å². The minimum Gasteiger partial charge on any atom is -0.493 e. The molecule has 0 saturated heterocycles. The summed E-state index contributed by atoms with van der Waals surface area (Å²) >= 11 is 3.54. The van der Waals surface area contributed by atoms with Crippen molar-refractivity contribution in [3.8, 4) is 11.5 Å². The molecule has 2 rings (SSSR count). The van der Waals surface area contributed by atoms with Crippen molar-refractivity contribution >= 4 is 38.3 Å². The molecule has 0 spiro atoms. The van der Waals surface area contributed by atoms with Crippen LogP contribution < -0.4 is 14.8 Å². The fraction of sp³-hybridized carbons (Fsp3) is 0.357. The van der Waals surface area contributed by atoms with Crippen LogP contribution in [0.5, 0.6) is 11.5 Å². The van der Waals surface area contributed by atoms with Gasteiger partial charge in [0, 0.05) is 5.56 Å². The molecule has 0 saturated carbocycles. The molecule has 1 N–H and O–H groups in total. The van der Waals surface area contributed by atoms with Gasteiger partial charge in [-0.25, -0.2) is 0 Å². The SMILES string of the molecule is CCCOc1c(Br)cc(C(=O)Nc2nnc(C(F)(F)F)s2)cc1OC. The lowest BCUT2D eigenvalue weighted by Crippen LogP contribution is -2.12. The van der Waals surface area contributed by atoms with Crippen molar-refractivity contribution in [2.75, 3.05) is 19.0 Å². The highest BCUT2D eigenvalue weighted by molar-refractivity contribution is 9.10. The maximum Gasteiger partial charge on any atom is 0.445 e. The van der Waals surface area contributed by atoms with Gasteiger partial charge < -0.3 is 9.47 Å². The summed E-state index contributed by atoms with van der Waals surface area (Å²) in [4.78, 5) is 12.2. The van der Waals surface area contributed by atoms with Gasteiger partial charge in [0.15, 0.2) is 11.5 Å². The molecule has 0 fully saturated rings. The van der Waals surface area contributed by atoms with Crippen LogP contribution in [0.3, 0.4) is 0 Å². The van der Waals surface area contributed by atoms with Gasteiger partial charge in [-0.15, -0.1) is 10.2 Å². The lowest BCUT2D eigenvalue weighted by atomic mass is 10.2. The molecule has 6 nitrogen and oxygen atoms in total. The Kier molecular flexibility index (Phi) is 6.22. The van der Waals surface area contributed by atoms with Gasteiger partial charge >= 0.3 is 6.18 Å². The maximum atomic E-state index is 12.5. The number of ether oxygens (including phenoxy) is 2. The molecule has 0 aliphatic carbocycles. The fourth-order valence-corrected chi connectivity index (χ4v) is 2.92. The molecule has 0 atom stereocenters. The molecule has 1 aromatic heterocycles. The highest BCUT2D eigenvalue weighted by Crippen LogP contribution is 2.37. The highest BCUT2D eigenvalue weighted by Gasteiger charge is 2.35. The number of aromatic nitrogens is 2. The normalized spacial score (nSPS) is 11.3. The standard InChI is InChI=1S/C14H13BrF3N3O3S/c1-3-4-24-10-8(15)5-7(6-9(10)23-2)11(22)19-13-21-20-12(25-13)14(16,17)18/h5-6H,3-4H2,1-2H3,(H,19,21,22). The number of hydrogen-bond donors (Lipinski definition) is 1. The summed E-state index contributed by atoms with van der Waals surface area (Å²) in [5, 5.41) is 7.22. The quantitative estimate of drug-likeness (QED) is 0.723. The third-order valence-electron chi connectivity index (χ3n) is 2.83. The van der Waals surface area contributed by atoms with Gasteiger partial charge in [-0.1, -0.05) is 18.3 Å². The Morgan fingerprint density at radius 2 is 2.08 bits per heavy atom. The average molecular weight is 440 g/mol. The zero-order valence-electron chi connectivity index (χ0n) is 13.1. The van der Waals surface area contributed by atoms with Crippen molar-refractivity contribution in [1.82, 2.24) is 10.2 Å². The summed E-state index contributed by atoms with van der Waals surface area (Å²) in [6.45, 7) is 2.41. The average Bonchev–Trinajstić information content (AvgIpc) is 3.01. The van der Waals surface area contributed by atoms with E-state index < -0.39 is 17.1 Å². The molecule has 1 heterocycles. The maximum absolute atomic E-state index is 12.5. The van der Waals surface area contributed by atoms with E-state index in [1.54, 1.807) is 0 Å². The first kappa shape index (κ1) is 19.4. The van der Waals surface area contributed by atoms with E-state index in [0.717, 1.165) is 6.42 Å². The lowest BCUT2D eigenvalue weighted by molar-refractivity contribution is -0.138. The van der Waals surface area contributed by atoms with E-state index in [1.165, 1.54) is 19.2 Å². The second-order valence-electron chi connectivity index (χ2n) is 4.70. The van der Waals surface area contributed by atoms with Crippen molar-refractivity contribution in [3.63, 3.8) is 0 Å². The molecular formula is C14H13BrF3N3O3S. The van der Waals surface area contributed by atoms with Gasteiger partial charge in [-0.3, -0.25) is 10.1 Å². The van der Waals surface area contributed by atoms with Crippen molar-refractivity contribution < 1.29 is 27.4 Å². The Bertz CT molecular complexity index is 768. The second-order valence-corrected chi connectivity index (χ2v) is 6.53. The Morgan fingerprint density at radius 1 is 1.36 bits per heavy atom. The molecule has 0 radical (unpaired) electrons. The van der Waals surface area contributed by atoms with E-state index in [-0.39, 0.29) is 22.0 Å². The van der Waals surface area contributed by atoms with Gasteiger partial charge in [-0.05, 0) is 34.5 Å². The molecule has 0 unspecified atom stereocenters. The minimum absolute atomic E-state index is 0.163. The first-order valence-corrected chi connectivity index (χ1v) is 8.59. The zero-order chi connectivity index (χ0) is 18.6. The van der Waals surface area contributed by atoms with Crippen LogP contribution >= 0.6 is 27.3 Å². The number of carbonyl (C=O) groups is 1. The number of halogens is 4. The number of anilines is 1. The number of amides is 1. The number of nitrogens with zero attached hydrogens (tertiary/aromatic N) is 2. The molecule has 11 heteroatoms. The number of carbonyl (C=O) groups excluding carboxylic acids is 1. The first-order valence-electron chi connectivity index (χ1n) is 6.98. The molecule has 0 bridgehead atoms. The summed E-state index contributed by atoms with van der Waals surface area (Å²) < 4.78 is 48.8. The molecule has 1 amide bonds. The van der Waals surface area contributed by atoms with E-state index in [2.05, 4.69) is 31.4 Å². The molecular weight excluding hydrogens is 427 g/mol. The predicted octanol–water partition coefficient (Wildman–Crippen LogP) is 4.37. The Labute approximate surface area is 153 Å². The van der Waals surface area contributed by atoms with Crippen LogP contribution in [-0.4, -0.2) is 29.8 Å². The molecule has 0 aliphatic heterocycles. The van der Waals surface area contributed by atoms with Crippen LogP contribution in [0.1, 0.15) is 28.7 Å². The van der Waals surface area contributed by atoms with Crippen molar-refractivity contribution in [2.45, 2.75) is 19.5 Å². The summed E-state index contributed by atoms with van der Waals surface area (Å²) in [6.07, 6.45) is -3.82. The van der Waals surface area contributed by atoms with E-state index in [9.17, 15) is 18.0 Å². The molecule has 2 aromatic rings. The zero-order valence-corrected chi connectivity index (χ0v) is 15.5. The summed E-state index contributed by atoms with van der Waals surface area (Å²) in [6, 6.07) is 2.91. The van der Waals surface area contributed by atoms with E-state index in [4.69, 9.17) is 9.47 Å². The van der Waals surface area contributed by atoms with E-state index in [1.807, 2.05) is 6.92 Å². The summed E-state index contributed by atoms with van der Waals surface area (Å²) in [7, 11) is 1.42. The number of nitrogens with one attached hydrogen (secondary N) is 1. The first-order chi connectivity index (χ1) is 11.8. The van der Waals surface area contributed by atoms with Crippen molar-refractivity contribution in [2.24, 2.45) is 0 Å². The molecule has 1 aromatic carbocycles. The summed E-state index contributed by atoms with van der Waals surface area (Å²) in [5.74, 6) is 0.114. The predicted molar refractivity (Wildman–Crippen MR) is 89.3 cm³/mol. The summed E-state index contributed by atoms with van der Waals surface area (Å²) in [5.41, 5.74) is 0.163. The fourth-order valence-electron chi connectivity index (χ4n) is 1.75. The van der Waals surface area contributed by atoms with Crippen LogP contribution in [0.15, 0.2) is 16.6 Å². The number of rotatable bonds is 6. The van der Waals surface area contributed by atoms with Crippen LogP contribution in [0, 0.1) is 0 Å². The van der Waals surface area contributed by atoms with Gasteiger partial charge in [0.25, 0.3) is 5.91 Å². The topological polar surface area (TPSA) is 73.3 Å². The van der Waals surface area contributed by atoms with Crippen LogP contribution in [-0.2, 0) is 6.18 Å². The number of hydrogen-bond acceptors (Lipinski definition) is 6. The van der Waals surface area contributed by atoms with Gasteiger partial charge in [0.2, 0.25) is 10.1 Å². The largest absolute Gasteiger partial charge is 0.493 e. The van der Waals surface area contributed by atoms with Gasteiger partial charge in [0.1, 0.15) is 0 Å². The van der Waals surface area contributed by atoms with E-state index >= 15 is 0 Å². The third-order valence-corrected chi connectivity index (χ3v) is 4.30. The minimum atomic E-state index is -4.61. The Morgan fingerprint density at radius 3 is 2.64 bits per heavy atom. The Balaban J connectivity index is 2.21. The van der Waals surface area contributed by atoms with Gasteiger partial charge in [0.05, 0.1) is 18.2 Å². The lowest BCUT2D eigenvalue weighted by Gasteiger charge is -2.13. The monoisotopic (exact) mass is 439 g/mol. The van der Waals surface area contributed by atoms with Crippen LogP contribution in [0.25, 0.3) is 0 Å². The number of alkyl halides is 3. The molecule has 25 heavy (non-hydrogen) atoms. The molecule has 0 aliphatic rings. The molecule has 136 valence electrons. The smallest absolute Gasteiger partial charge is 0.445 e.